The Morgan fingerprint density at radius 2 is 1.88 bits per heavy atom. The van der Waals surface area contributed by atoms with Crippen LogP contribution in [0.3, 0.4) is 0 Å². The zero-order valence-corrected chi connectivity index (χ0v) is 19.4. The van der Waals surface area contributed by atoms with E-state index in [1.54, 1.807) is 12.1 Å². The molecule has 0 radical (unpaired) electrons. The number of aryl methyl sites for hydroxylation is 2. The number of anilines is 1. The highest BCUT2D eigenvalue weighted by Crippen LogP contribution is 2.31. The Balaban J connectivity index is 1.39. The fourth-order valence-corrected chi connectivity index (χ4v) is 6.85. The second kappa shape index (κ2) is 9.56. The van der Waals surface area contributed by atoms with Crippen LogP contribution >= 0.6 is 11.3 Å². The van der Waals surface area contributed by atoms with Crippen molar-refractivity contribution in [2.24, 2.45) is 0 Å². The van der Waals surface area contributed by atoms with Gasteiger partial charge < -0.3 is 10.6 Å². The zero-order chi connectivity index (χ0) is 22.7. The average Bonchev–Trinajstić information content (AvgIpc) is 3.30. The van der Waals surface area contributed by atoms with Gasteiger partial charge in [-0.15, -0.1) is 11.3 Å². The van der Waals surface area contributed by atoms with Gasteiger partial charge in [-0.1, -0.05) is 6.58 Å². The van der Waals surface area contributed by atoms with Crippen molar-refractivity contribution in [1.29, 1.82) is 0 Å². The minimum atomic E-state index is -3.65. The van der Waals surface area contributed by atoms with Crippen molar-refractivity contribution < 1.29 is 18.0 Å². The van der Waals surface area contributed by atoms with Gasteiger partial charge in [0.1, 0.15) is 0 Å². The molecule has 170 valence electrons. The van der Waals surface area contributed by atoms with Crippen molar-refractivity contribution in [3.63, 3.8) is 0 Å². The highest BCUT2D eigenvalue weighted by atomic mass is 32.2. The summed E-state index contributed by atoms with van der Waals surface area (Å²) < 4.78 is 27.7. The van der Waals surface area contributed by atoms with E-state index in [1.807, 2.05) is 6.07 Å². The minimum Gasteiger partial charge on any atom is -0.350 e. The summed E-state index contributed by atoms with van der Waals surface area (Å²) in [6.07, 6.45) is 6.40. The number of hydrogen-bond donors (Lipinski definition) is 2. The van der Waals surface area contributed by atoms with E-state index in [2.05, 4.69) is 17.2 Å². The summed E-state index contributed by atoms with van der Waals surface area (Å²) in [6, 6.07) is 8.21. The van der Waals surface area contributed by atoms with E-state index >= 15 is 0 Å². The maximum atomic E-state index is 13.1. The number of sulfonamides is 1. The molecule has 2 N–H and O–H groups in total. The van der Waals surface area contributed by atoms with Crippen molar-refractivity contribution in [2.75, 3.05) is 18.4 Å². The number of benzene rings is 1. The third kappa shape index (κ3) is 4.95. The van der Waals surface area contributed by atoms with E-state index in [1.165, 1.54) is 44.3 Å². The van der Waals surface area contributed by atoms with Crippen molar-refractivity contribution in [3.8, 4) is 0 Å². The Morgan fingerprint density at radius 1 is 1.09 bits per heavy atom. The third-order valence-electron chi connectivity index (χ3n) is 5.94. The van der Waals surface area contributed by atoms with Gasteiger partial charge in [0.15, 0.2) is 0 Å². The predicted octanol–water partition coefficient (Wildman–Crippen LogP) is 3.33. The van der Waals surface area contributed by atoms with E-state index in [0.29, 0.717) is 36.5 Å². The first kappa shape index (κ1) is 22.7. The lowest BCUT2D eigenvalue weighted by molar-refractivity contribution is -0.117. The molecule has 1 unspecified atom stereocenters. The van der Waals surface area contributed by atoms with Gasteiger partial charge in [0.05, 0.1) is 9.77 Å². The van der Waals surface area contributed by atoms with Crippen LogP contribution in [-0.2, 0) is 27.7 Å². The molecule has 1 atom stereocenters. The monoisotopic (exact) mass is 473 g/mol. The van der Waals surface area contributed by atoms with Gasteiger partial charge in [0.25, 0.3) is 5.91 Å². The number of nitrogens with one attached hydrogen (secondary N) is 2. The molecule has 0 spiro atoms. The molecule has 1 aliphatic carbocycles. The Bertz CT molecular complexity index is 1100. The van der Waals surface area contributed by atoms with Gasteiger partial charge in [-0.25, -0.2) is 8.42 Å². The maximum absolute atomic E-state index is 13.1. The molecule has 9 heteroatoms. The molecule has 0 bridgehead atoms. The second-order valence-electron chi connectivity index (χ2n) is 8.14. The molecule has 2 amide bonds. The maximum Gasteiger partial charge on any atom is 0.265 e. The molecule has 0 saturated carbocycles. The molecule has 2 aromatic rings. The summed E-state index contributed by atoms with van der Waals surface area (Å²) in [5.74, 6) is -0.406. The molecule has 4 rings (SSSR count). The molecule has 32 heavy (non-hydrogen) atoms. The van der Waals surface area contributed by atoms with Gasteiger partial charge in [-0.05, 0) is 80.5 Å². The Morgan fingerprint density at radius 3 is 2.59 bits per heavy atom. The number of amides is 2. The standard InChI is InChI=1S/C23H27N3O4S2/c1-2-22(27)24-17-6-4-13-26(14-12-17)32(29,30)19-10-8-18(9-11-19)25-23(28)21-15-16-5-3-7-20(16)31-21/h2,8-11,15,17H,1,3-7,12-14H2,(H,24,27)(H,25,28). The van der Waals surface area contributed by atoms with Crippen LogP contribution < -0.4 is 10.6 Å². The summed E-state index contributed by atoms with van der Waals surface area (Å²) >= 11 is 1.54. The first-order chi connectivity index (χ1) is 15.4. The van der Waals surface area contributed by atoms with Crippen LogP contribution in [0.4, 0.5) is 5.69 Å². The van der Waals surface area contributed by atoms with E-state index in [4.69, 9.17) is 0 Å². The smallest absolute Gasteiger partial charge is 0.265 e. The summed E-state index contributed by atoms with van der Waals surface area (Å²) in [7, 11) is -3.65. The van der Waals surface area contributed by atoms with Gasteiger partial charge in [-0.2, -0.15) is 4.31 Å². The quantitative estimate of drug-likeness (QED) is 0.629. The lowest BCUT2D eigenvalue weighted by Gasteiger charge is -2.20. The molecule has 2 heterocycles. The number of thiophene rings is 1. The molecule has 2 aliphatic rings. The summed E-state index contributed by atoms with van der Waals surface area (Å²) in [5, 5.41) is 5.71. The molecular weight excluding hydrogens is 446 g/mol. The SMILES string of the molecule is C=CC(=O)NC1CCCN(S(=O)(=O)c2ccc(NC(=O)c3cc4c(s3)CCC4)cc2)CC1. The Hall–Kier alpha value is -2.49. The van der Waals surface area contributed by atoms with Crippen molar-refractivity contribution >= 4 is 38.9 Å². The number of nitrogens with zero attached hydrogens (tertiary/aromatic N) is 1. The van der Waals surface area contributed by atoms with E-state index < -0.39 is 10.0 Å². The van der Waals surface area contributed by atoms with Crippen LogP contribution in [0.5, 0.6) is 0 Å². The van der Waals surface area contributed by atoms with E-state index in [-0.39, 0.29) is 22.8 Å². The zero-order valence-electron chi connectivity index (χ0n) is 17.8. The van der Waals surface area contributed by atoms with Gasteiger partial charge >= 0.3 is 0 Å². The second-order valence-corrected chi connectivity index (χ2v) is 11.2. The minimum absolute atomic E-state index is 0.0584. The Kier molecular flexibility index (Phi) is 6.78. The van der Waals surface area contributed by atoms with Crippen molar-refractivity contribution in [1.82, 2.24) is 9.62 Å². The highest BCUT2D eigenvalue weighted by Gasteiger charge is 2.28. The number of hydrogen-bond acceptors (Lipinski definition) is 5. The van der Waals surface area contributed by atoms with Crippen molar-refractivity contribution in [3.05, 3.63) is 58.3 Å². The summed E-state index contributed by atoms with van der Waals surface area (Å²) in [5.41, 5.74) is 1.83. The number of carbonyl (C=O) groups is 2. The van der Waals surface area contributed by atoms with Crippen LogP contribution in [0.15, 0.2) is 47.9 Å². The van der Waals surface area contributed by atoms with Crippen LogP contribution in [0.1, 0.15) is 45.8 Å². The molecular formula is C23H27N3O4S2. The third-order valence-corrected chi connectivity index (χ3v) is 9.09. The normalized spacial score (nSPS) is 19.1. The van der Waals surface area contributed by atoms with Crippen LogP contribution in [0, 0.1) is 0 Å². The molecule has 1 fully saturated rings. The fraction of sp³-hybridized carbons (Fsp3) is 0.391. The van der Waals surface area contributed by atoms with Gasteiger partial charge in [-0.3, -0.25) is 9.59 Å². The lowest BCUT2D eigenvalue weighted by Crippen LogP contribution is -2.36. The van der Waals surface area contributed by atoms with Gasteiger partial charge in [0, 0.05) is 29.7 Å². The van der Waals surface area contributed by atoms with E-state index in [0.717, 1.165) is 25.7 Å². The first-order valence-corrected chi connectivity index (χ1v) is 13.1. The number of rotatable bonds is 6. The summed E-state index contributed by atoms with van der Waals surface area (Å²) in [6.45, 7) is 4.20. The number of carbonyl (C=O) groups excluding carboxylic acids is 2. The largest absolute Gasteiger partial charge is 0.350 e. The fourth-order valence-electron chi connectivity index (χ4n) is 4.21. The summed E-state index contributed by atoms with van der Waals surface area (Å²) in [4.78, 5) is 26.3. The van der Waals surface area contributed by atoms with Gasteiger partial charge in [0.2, 0.25) is 15.9 Å². The topological polar surface area (TPSA) is 95.6 Å². The molecule has 1 aromatic carbocycles. The van der Waals surface area contributed by atoms with Crippen LogP contribution in [-0.4, -0.2) is 43.7 Å². The Labute approximate surface area is 192 Å². The highest BCUT2D eigenvalue weighted by molar-refractivity contribution is 7.89. The first-order valence-electron chi connectivity index (χ1n) is 10.8. The number of fused-ring (bicyclic) bond motifs is 1. The average molecular weight is 474 g/mol. The van der Waals surface area contributed by atoms with Crippen LogP contribution in [0.25, 0.3) is 0 Å². The molecule has 1 aliphatic heterocycles. The van der Waals surface area contributed by atoms with Crippen LogP contribution in [0.2, 0.25) is 0 Å². The molecule has 1 saturated heterocycles. The predicted molar refractivity (Wildman–Crippen MR) is 125 cm³/mol. The lowest BCUT2D eigenvalue weighted by atomic mass is 10.1. The van der Waals surface area contributed by atoms with Crippen molar-refractivity contribution in [2.45, 2.75) is 49.5 Å². The molecule has 7 nitrogen and oxygen atoms in total. The molecule has 1 aromatic heterocycles. The van der Waals surface area contributed by atoms with E-state index in [9.17, 15) is 18.0 Å².